The van der Waals surface area contributed by atoms with E-state index in [1.54, 1.807) is 0 Å². The fraction of sp³-hybridized carbons (Fsp3) is 0.143. The van der Waals surface area contributed by atoms with E-state index in [1.165, 1.54) is 31.3 Å². The highest BCUT2D eigenvalue weighted by atomic mass is 32.1. The predicted octanol–water partition coefficient (Wildman–Crippen LogP) is 11.3. The molecule has 9 rings (SSSR count). The van der Waals surface area contributed by atoms with Gasteiger partial charge in [0.2, 0.25) is 0 Å². The van der Waals surface area contributed by atoms with Gasteiger partial charge in [-0.1, -0.05) is 115 Å². The number of rotatable bonds is 4. The number of benzene rings is 6. The zero-order valence-electron chi connectivity index (χ0n) is 26.8. The van der Waals surface area contributed by atoms with Crippen molar-refractivity contribution in [3.63, 3.8) is 0 Å². The first-order valence-electron chi connectivity index (χ1n) is 16.2. The average molecular weight is 629 g/mol. The molecule has 3 heterocycles. The van der Waals surface area contributed by atoms with Gasteiger partial charge in [0.25, 0.3) is 0 Å². The van der Waals surface area contributed by atoms with Crippen LogP contribution in [0.2, 0.25) is 0 Å². The summed E-state index contributed by atoms with van der Waals surface area (Å²) in [6.45, 7) is 8.43. The monoisotopic (exact) mass is 628 g/mol. The largest absolute Gasteiger partial charge is 0.494 e. The number of hydrogen-bond donors (Lipinski definition) is 0. The van der Waals surface area contributed by atoms with Crippen molar-refractivity contribution in [3.8, 4) is 33.4 Å². The molecule has 0 saturated carbocycles. The zero-order chi connectivity index (χ0) is 31.9. The van der Waals surface area contributed by atoms with Gasteiger partial charge in [-0.25, -0.2) is 0 Å². The first-order chi connectivity index (χ1) is 22.8. The van der Waals surface area contributed by atoms with Crippen LogP contribution in [0.15, 0.2) is 132 Å². The molecular weight excluding hydrogens is 595 g/mol. The van der Waals surface area contributed by atoms with E-state index >= 15 is 0 Å². The second-order valence-corrected chi connectivity index (χ2v) is 14.6. The Labute approximate surface area is 278 Å². The molecule has 5 heteroatoms. The van der Waals surface area contributed by atoms with Crippen molar-refractivity contribution in [1.82, 2.24) is 0 Å². The summed E-state index contributed by atoms with van der Waals surface area (Å²) in [7, 11) is -0.458. The van der Waals surface area contributed by atoms with E-state index in [9.17, 15) is 0 Å². The van der Waals surface area contributed by atoms with Crippen LogP contribution in [-0.2, 0) is 9.31 Å². The summed E-state index contributed by atoms with van der Waals surface area (Å²) in [4.78, 5) is 0. The Bertz CT molecular complexity index is 2470. The van der Waals surface area contributed by atoms with Crippen LogP contribution in [0.4, 0.5) is 0 Å². The average Bonchev–Trinajstić information content (AvgIpc) is 3.73. The van der Waals surface area contributed by atoms with E-state index in [0.29, 0.717) is 0 Å². The van der Waals surface area contributed by atoms with Crippen LogP contribution in [0.5, 0.6) is 0 Å². The Morgan fingerprint density at radius 3 is 1.81 bits per heavy atom. The summed E-state index contributed by atoms with van der Waals surface area (Å²) in [6.07, 6.45) is 0. The number of furan rings is 1. The number of hydrogen-bond acceptors (Lipinski definition) is 4. The van der Waals surface area contributed by atoms with E-state index in [4.69, 9.17) is 13.7 Å². The van der Waals surface area contributed by atoms with E-state index in [2.05, 4.69) is 143 Å². The zero-order valence-corrected chi connectivity index (χ0v) is 27.7. The SMILES string of the molecule is CC1(C)OB(c2cc(-c3ccccc3)cc(-c3cccc4c3sc3c(-c5cccc6c5oc5ccccc56)cccc34)c2)OC1(C)C. The molecule has 47 heavy (non-hydrogen) atoms. The molecule has 2 aromatic heterocycles. The van der Waals surface area contributed by atoms with E-state index in [0.717, 1.165) is 49.7 Å². The molecule has 6 aromatic carbocycles. The van der Waals surface area contributed by atoms with E-state index in [1.807, 2.05) is 23.5 Å². The van der Waals surface area contributed by atoms with Gasteiger partial charge in [0.05, 0.1) is 11.2 Å². The van der Waals surface area contributed by atoms with Crippen LogP contribution in [0.25, 0.3) is 75.5 Å². The molecule has 0 amide bonds. The second kappa shape index (κ2) is 10.4. The Balaban J connectivity index is 1.25. The normalized spacial score (nSPS) is 15.8. The number of fused-ring (bicyclic) bond motifs is 6. The molecule has 228 valence electrons. The molecule has 1 fully saturated rings. The lowest BCUT2D eigenvalue weighted by atomic mass is 9.76. The van der Waals surface area contributed by atoms with Gasteiger partial charge in [-0.15, -0.1) is 11.3 Å². The Morgan fingerprint density at radius 2 is 1.06 bits per heavy atom. The molecule has 0 unspecified atom stereocenters. The summed E-state index contributed by atoms with van der Waals surface area (Å²) in [5.74, 6) is 0. The molecule has 0 spiro atoms. The highest BCUT2D eigenvalue weighted by Gasteiger charge is 2.51. The molecule has 8 aromatic rings. The molecule has 0 aliphatic carbocycles. The third kappa shape index (κ3) is 4.49. The van der Waals surface area contributed by atoms with Crippen LogP contribution >= 0.6 is 11.3 Å². The summed E-state index contributed by atoms with van der Waals surface area (Å²) in [5, 5.41) is 4.79. The van der Waals surface area contributed by atoms with Gasteiger partial charge in [0.1, 0.15) is 11.2 Å². The minimum absolute atomic E-state index is 0.425. The van der Waals surface area contributed by atoms with E-state index in [-0.39, 0.29) is 0 Å². The molecule has 0 radical (unpaired) electrons. The maximum Gasteiger partial charge on any atom is 0.494 e. The lowest BCUT2D eigenvalue weighted by Gasteiger charge is -2.32. The quantitative estimate of drug-likeness (QED) is 0.182. The number of thiophene rings is 1. The second-order valence-electron chi connectivity index (χ2n) is 13.5. The lowest BCUT2D eigenvalue weighted by molar-refractivity contribution is 0.00578. The maximum atomic E-state index is 6.56. The molecule has 1 saturated heterocycles. The minimum Gasteiger partial charge on any atom is -0.455 e. The highest BCUT2D eigenvalue weighted by molar-refractivity contribution is 7.26. The van der Waals surface area contributed by atoms with Gasteiger partial charge in [-0.05, 0) is 67.5 Å². The molecule has 1 aliphatic rings. The fourth-order valence-electron chi connectivity index (χ4n) is 6.94. The molecule has 1 aliphatic heterocycles. The summed E-state index contributed by atoms with van der Waals surface area (Å²) in [5.41, 5.74) is 8.98. The third-order valence-corrected chi connectivity index (χ3v) is 11.4. The van der Waals surface area contributed by atoms with Gasteiger partial charge in [0, 0.05) is 42.1 Å². The first kappa shape index (κ1) is 28.5. The fourth-order valence-corrected chi connectivity index (χ4v) is 8.30. The highest BCUT2D eigenvalue weighted by Crippen LogP contribution is 2.46. The van der Waals surface area contributed by atoms with Crippen LogP contribution in [0, 0.1) is 0 Å². The van der Waals surface area contributed by atoms with Gasteiger partial charge in [0.15, 0.2) is 0 Å². The molecular formula is C42H33BO3S. The van der Waals surface area contributed by atoms with Crippen molar-refractivity contribution in [3.05, 3.63) is 127 Å². The third-order valence-electron chi connectivity index (χ3n) is 10.1. The van der Waals surface area contributed by atoms with Crippen LogP contribution in [0.3, 0.4) is 0 Å². The first-order valence-corrected chi connectivity index (χ1v) is 17.0. The molecule has 0 N–H and O–H groups in total. The van der Waals surface area contributed by atoms with Gasteiger partial charge in [-0.3, -0.25) is 0 Å². The van der Waals surface area contributed by atoms with Gasteiger partial charge in [-0.2, -0.15) is 0 Å². The van der Waals surface area contributed by atoms with Crippen molar-refractivity contribution < 1.29 is 13.7 Å². The molecule has 0 bridgehead atoms. The lowest BCUT2D eigenvalue weighted by Crippen LogP contribution is -2.41. The van der Waals surface area contributed by atoms with Crippen molar-refractivity contribution in [2.45, 2.75) is 38.9 Å². The van der Waals surface area contributed by atoms with Gasteiger partial charge < -0.3 is 13.7 Å². The van der Waals surface area contributed by atoms with Crippen LogP contribution < -0.4 is 5.46 Å². The Kier molecular flexibility index (Phi) is 6.32. The Hall–Kier alpha value is -4.68. The van der Waals surface area contributed by atoms with Gasteiger partial charge >= 0.3 is 7.12 Å². The molecule has 3 nitrogen and oxygen atoms in total. The standard InChI is InChI=1S/C42H33BO3S/c1-41(2)42(3,4)46-43(45-41)29-24-27(26-13-6-5-7-14-26)23-28(25-29)30-16-10-20-35-36-21-12-19-34(40(36)47-39(30)35)33-18-11-17-32-31-15-8-9-22-37(31)44-38(32)33/h5-25H,1-4H3. The smallest absolute Gasteiger partial charge is 0.455 e. The Morgan fingerprint density at radius 1 is 0.489 bits per heavy atom. The van der Waals surface area contributed by atoms with Crippen molar-refractivity contribution in [1.29, 1.82) is 0 Å². The van der Waals surface area contributed by atoms with Crippen LogP contribution in [-0.4, -0.2) is 18.3 Å². The number of para-hydroxylation sites is 2. The molecule has 0 atom stereocenters. The maximum absolute atomic E-state index is 6.56. The summed E-state index contributed by atoms with van der Waals surface area (Å²) in [6, 6.07) is 45.4. The summed E-state index contributed by atoms with van der Waals surface area (Å²) >= 11 is 1.86. The minimum atomic E-state index is -0.458. The van der Waals surface area contributed by atoms with Crippen LogP contribution in [0.1, 0.15) is 27.7 Å². The topological polar surface area (TPSA) is 31.6 Å². The summed E-state index contributed by atoms with van der Waals surface area (Å²) < 4.78 is 22.1. The van der Waals surface area contributed by atoms with Crippen molar-refractivity contribution in [2.75, 3.05) is 0 Å². The predicted molar refractivity (Wildman–Crippen MR) is 199 cm³/mol. The van der Waals surface area contributed by atoms with Crippen molar-refractivity contribution in [2.24, 2.45) is 0 Å². The van der Waals surface area contributed by atoms with Crippen molar-refractivity contribution >= 4 is 66.0 Å². The van der Waals surface area contributed by atoms with E-state index < -0.39 is 18.3 Å².